The van der Waals surface area contributed by atoms with Gasteiger partial charge in [-0.15, -0.1) is 16.4 Å². The minimum absolute atomic E-state index is 0.313. The van der Waals surface area contributed by atoms with Gasteiger partial charge < -0.3 is 4.42 Å². The van der Waals surface area contributed by atoms with E-state index in [9.17, 15) is 0 Å². The fourth-order valence-corrected chi connectivity index (χ4v) is 3.40. The molecular weight excluding hydrogens is 254 g/mol. The van der Waals surface area contributed by atoms with Crippen LogP contribution in [0.4, 0.5) is 0 Å². The van der Waals surface area contributed by atoms with Gasteiger partial charge in [0.25, 0.3) is 10.7 Å². The zero-order valence-electron chi connectivity index (χ0n) is 9.31. The molecule has 3 rings (SSSR count). The topological polar surface area (TPSA) is 54.7 Å². The second kappa shape index (κ2) is 4.70. The Labute approximate surface area is 108 Å². The number of aromatic amines is 1. The van der Waals surface area contributed by atoms with Crippen LogP contribution < -0.4 is 0 Å². The second-order valence-corrected chi connectivity index (χ2v) is 5.75. The van der Waals surface area contributed by atoms with Crippen molar-refractivity contribution in [1.82, 2.24) is 15.2 Å². The van der Waals surface area contributed by atoms with Gasteiger partial charge >= 0.3 is 0 Å². The third kappa shape index (κ3) is 2.32. The summed E-state index contributed by atoms with van der Waals surface area (Å²) in [4.78, 5) is 5.77. The molecule has 17 heavy (non-hydrogen) atoms. The van der Waals surface area contributed by atoms with Crippen LogP contribution >= 0.6 is 23.6 Å². The van der Waals surface area contributed by atoms with E-state index in [1.54, 1.807) is 11.3 Å². The Hall–Kier alpha value is -1.01. The Morgan fingerprint density at radius 1 is 1.35 bits per heavy atom. The van der Waals surface area contributed by atoms with E-state index >= 15 is 0 Å². The molecule has 4 nitrogen and oxygen atoms in total. The number of hydrogen-bond donors (Lipinski definition) is 1. The highest BCUT2D eigenvalue weighted by atomic mass is 32.1. The molecule has 1 aliphatic carbocycles. The van der Waals surface area contributed by atoms with Crippen LogP contribution in [0.1, 0.15) is 43.0 Å². The first-order valence-electron chi connectivity index (χ1n) is 5.84. The van der Waals surface area contributed by atoms with Crippen molar-refractivity contribution in [1.29, 1.82) is 0 Å². The van der Waals surface area contributed by atoms with Gasteiger partial charge in [0.05, 0.1) is 11.2 Å². The van der Waals surface area contributed by atoms with Crippen LogP contribution in [0.2, 0.25) is 0 Å². The average Bonchev–Trinajstić information content (AvgIpc) is 2.98. The number of aromatic nitrogens is 3. The Bertz CT molecular complexity index is 551. The normalized spacial score (nSPS) is 17.4. The highest BCUT2D eigenvalue weighted by Gasteiger charge is 2.20. The van der Waals surface area contributed by atoms with Crippen molar-refractivity contribution in [2.75, 3.05) is 0 Å². The van der Waals surface area contributed by atoms with Crippen molar-refractivity contribution < 1.29 is 4.42 Å². The quantitative estimate of drug-likeness (QED) is 0.838. The van der Waals surface area contributed by atoms with Crippen LogP contribution in [0.5, 0.6) is 0 Å². The molecule has 2 heterocycles. The molecule has 0 spiro atoms. The number of nitrogens with zero attached hydrogens (tertiary/aromatic N) is 2. The molecule has 0 radical (unpaired) electrons. The van der Waals surface area contributed by atoms with E-state index in [0.717, 1.165) is 4.88 Å². The lowest BCUT2D eigenvalue weighted by Crippen LogP contribution is -2.03. The van der Waals surface area contributed by atoms with Crippen molar-refractivity contribution in [2.45, 2.75) is 38.0 Å². The van der Waals surface area contributed by atoms with Crippen LogP contribution in [0.25, 0.3) is 10.8 Å². The van der Waals surface area contributed by atoms with E-state index in [1.807, 2.05) is 6.20 Å². The number of hydrogen-bond acceptors (Lipinski definition) is 5. The lowest BCUT2D eigenvalue weighted by atomic mass is 9.90. The molecule has 0 aromatic carbocycles. The lowest BCUT2D eigenvalue weighted by molar-refractivity contribution is 0.442. The molecule has 6 heteroatoms. The predicted molar refractivity (Wildman–Crippen MR) is 68.6 cm³/mol. The lowest BCUT2D eigenvalue weighted by Gasteiger charge is -2.18. The largest absolute Gasteiger partial charge is 0.408 e. The summed E-state index contributed by atoms with van der Waals surface area (Å²) in [6, 6.07) is 0. The summed E-state index contributed by atoms with van der Waals surface area (Å²) >= 11 is 6.54. The number of thiazole rings is 1. The predicted octanol–water partition coefficient (Wildman–Crippen LogP) is 3.90. The van der Waals surface area contributed by atoms with Gasteiger partial charge in [-0.2, -0.15) is 0 Å². The monoisotopic (exact) mass is 267 g/mol. The van der Waals surface area contributed by atoms with Gasteiger partial charge in [0.15, 0.2) is 0 Å². The van der Waals surface area contributed by atoms with Gasteiger partial charge in [-0.25, -0.2) is 10.1 Å². The first-order valence-corrected chi connectivity index (χ1v) is 7.07. The second-order valence-electron chi connectivity index (χ2n) is 4.32. The maximum atomic E-state index is 5.29. The van der Waals surface area contributed by atoms with Crippen LogP contribution in [-0.2, 0) is 0 Å². The van der Waals surface area contributed by atoms with Crippen molar-refractivity contribution in [3.63, 3.8) is 0 Å². The summed E-state index contributed by atoms with van der Waals surface area (Å²) in [5.41, 5.74) is 0. The summed E-state index contributed by atoms with van der Waals surface area (Å²) < 4.78 is 5.29. The molecule has 90 valence electrons. The zero-order chi connectivity index (χ0) is 11.7. The van der Waals surface area contributed by atoms with E-state index in [0.29, 0.717) is 16.6 Å². The molecule has 1 fully saturated rings. The molecule has 1 aliphatic rings. The number of H-pyrrole nitrogens is 1. The molecule has 1 saturated carbocycles. The van der Waals surface area contributed by atoms with E-state index < -0.39 is 0 Å². The Morgan fingerprint density at radius 2 is 2.18 bits per heavy atom. The average molecular weight is 267 g/mol. The first kappa shape index (κ1) is 11.1. The molecule has 0 unspecified atom stereocenters. The smallest absolute Gasteiger partial charge is 0.284 e. The minimum atomic E-state index is 0.313. The first-order chi connectivity index (χ1) is 8.33. The maximum Gasteiger partial charge on any atom is 0.284 e. The van der Waals surface area contributed by atoms with Crippen LogP contribution in [-0.4, -0.2) is 15.2 Å². The van der Waals surface area contributed by atoms with Crippen LogP contribution in [0, 0.1) is 4.84 Å². The van der Waals surface area contributed by atoms with Crippen molar-refractivity contribution in [3.8, 4) is 10.8 Å². The molecule has 0 saturated heterocycles. The van der Waals surface area contributed by atoms with Gasteiger partial charge in [0, 0.05) is 5.92 Å². The van der Waals surface area contributed by atoms with Crippen LogP contribution in [0.15, 0.2) is 10.6 Å². The van der Waals surface area contributed by atoms with E-state index in [-0.39, 0.29) is 0 Å². The summed E-state index contributed by atoms with van der Waals surface area (Å²) in [5.74, 6) is 1.18. The van der Waals surface area contributed by atoms with E-state index in [4.69, 9.17) is 16.6 Å². The molecule has 2 aromatic heterocycles. The van der Waals surface area contributed by atoms with Gasteiger partial charge in [0.1, 0.15) is 4.88 Å². The Balaban J connectivity index is 1.84. The molecule has 1 N–H and O–H groups in total. The zero-order valence-corrected chi connectivity index (χ0v) is 10.9. The Kier molecular flexibility index (Phi) is 3.07. The third-order valence-electron chi connectivity index (χ3n) is 3.13. The standard InChI is InChI=1S/C11H13N3OS2/c16-11-14-13-9(15-11)8-6-12-10(17-8)7-4-2-1-3-5-7/h6-7H,1-5H2,(H,14,16). The fraction of sp³-hybridized carbons (Fsp3) is 0.545. The minimum Gasteiger partial charge on any atom is -0.408 e. The summed E-state index contributed by atoms with van der Waals surface area (Å²) in [5, 5.41) is 7.86. The molecular formula is C11H13N3OS2. The molecule has 0 atom stereocenters. The highest BCUT2D eigenvalue weighted by Crippen LogP contribution is 2.36. The number of nitrogens with one attached hydrogen (secondary N) is 1. The van der Waals surface area contributed by atoms with Crippen molar-refractivity contribution in [3.05, 3.63) is 16.0 Å². The van der Waals surface area contributed by atoms with Crippen molar-refractivity contribution >= 4 is 23.6 Å². The molecule has 0 aliphatic heterocycles. The molecule has 0 amide bonds. The number of rotatable bonds is 2. The Morgan fingerprint density at radius 3 is 2.88 bits per heavy atom. The van der Waals surface area contributed by atoms with E-state index in [1.165, 1.54) is 37.1 Å². The third-order valence-corrected chi connectivity index (χ3v) is 4.45. The van der Waals surface area contributed by atoms with Gasteiger partial charge in [-0.1, -0.05) is 19.3 Å². The fourth-order valence-electron chi connectivity index (χ4n) is 2.26. The van der Waals surface area contributed by atoms with E-state index in [2.05, 4.69) is 15.2 Å². The van der Waals surface area contributed by atoms with Crippen molar-refractivity contribution in [2.24, 2.45) is 0 Å². The molecule has 2 aromatic rings. The van der Waals surface area contributed by atoms with Gasteiger partial charge in [-0.05, 0) is 25.1 Å². The highest BCUT2D eigenvalue weighted by molar-refractivity contribution is 7.71. The van der Waals surface area contributed by atoms with Gasteiger partial charge in [0.2, 0.25) is 0 Å². The van der Waals surface area contributed by atoms with Gasteiger partial charge in [-0.3, -0.25) is 0 Å². The molecule has 0 bridgehead atoms. The summed E-state index contributed by atoms with van der Waals surface area (Å²) in [6.45, 7) is 0. The van der Waals surface area contributed by atoms with Crippen LogP contribution in [0.3, 0.4) is 0 Å². The maximum absolute atomic E-state index is 5.29. The summed E-state index contributed by atoms with van der Waals surface area (Å²) in [7, 11) is 0. The summed E-state index contributed by atoms with van der Waals surface area (Å²) in [6.07, 6.45) is 8.37. The SMILES string of the molecule is S=c1[nH]nc(-c2cnc(C3CCCCC3)s2)o1.